The van der Waals surface area contributed by atoms with E-state index in [1.807, 2.05) is 36.5 Å². The molecule has 1 N–H and O–H groups in total. The Kier molecular flexibility index (Phi) is 9.54. The summed E-state index contributed by atoms with van der Waals surface area (Å²) in [5.41, 5.74) is 2.70. The van der Waals surface area contributed by atoms with Crippen LogP contribution in [-0.2, 0) is 0 Å². The van der Waals surface area contributed by atoms with Crippen LogP contribution < -0.4 is 10.2 Å². The third-order valence-corrected chi connectivity index (χ3v) is 6.93. The van der Waals surface area contributed by atoms with Crippen molar-refractivity contribution in [2.45, 2.75) is 32.7 Å². The summed E-state index contributed by atoms with van der Waals surface area (Å²) in [6.07, 6.45) is 27.7. The first-order valence-corrected chi connectivity index (χ1v) is 13.3. The molecule has 2 heterocycles. The molecule has 0 spiro atoms. The smallest absolute Gasteiger partial charge is 0.187 e. The number of nitrogens with zero attached hydrogens (tertiary/aromatic N) is 1. The number of allylic oxidation sites excluding steroid dienone is 8. The summed E-state index contributed by atoms with van der Waals surface area (Å²) >= 11 is 0. The molecule has 3 heteroatoms. The van der Waals surface area contributed by atoms with Gasteiger partial charge in [-0.3, -0.25) is 4.79 Å². The molecule has 4 atom stereocenters. The van der Waals surface area contributed by atoms with Crippen molar-refractivity contribution in [3.05, 3.63) is 133 Å². The molecule has 0 saturated heterocycles. The second-order valence-corrected chi connectivity index (χ2v) is 9.97. The second-order valence-electron chi connectivity index (χ2n) is 9.97. The standard InChI is InChI=1S/C27H28N2O.C7H10/c1-21-10-4-3-9-19-29(23-11-5-2-6-12-23)26-15-16-27(30)24-13-7-8-14-25(24)28-18-17-22(26)20-21;1-7-5-3-2-4-6-7/h2-18,21-22,26,28H,19-20H2,1H3;2-5,7H,6H2,1H3/b9-3-,10-4-,16-15+,18-17+;. The molecule has 0 bridgehead atoms. The molecule has 37 heavy (non-hydrogen) atoms. The number of hydrogen-bond donors (Lipinski definition) is 1. The van der Waals surface area contributed by atoms with Crippen LogP contribution in [0, 0.1) is 17.8 Å². The molecule has 190 valence electrons. The zero-order valence-electron chi connectivity index (χ0n) is 21.9. The van der Waals surface area contributed by atoms with E-state index in [1.54, 1.807) is 6.08 Å². The molecule has 0 radical (unpaired) electrons. The van der Waals surface area contributed by atoms with Crippen LogP contribution in [0.5, 0.6) is 0 Å². The molecule has 3 nitrogen and oxygen atoms in total. The predicted octanol–water partition coefficient (Wildman–Crippen LogP) is 8.15. The highest BCUT2D eigenvalue weighted by Gasteiger charge is 2.26. The lowest BCUT2D eigenvalue weighted by molar-refractivity contribution is 0.104. The SMILES string of the molecule is CC1/C=C\C=C/CN(c2ccccc2)C2/C=C/C(=O)c3ccccc3N/C=C/C2C1.CC1C=CC=CC1. The van der Waals surface area contributed by atoms with E-state index in [0.29, 0.717) is 11.5 Å². The van der Waals surface area contributed by atoms with Crippen LogP contribution in [0.25, 0.3) is 0 Å². The molecule has 3 aliphatic rings. The van der Waals surface area contributed by atoms with Crippen molar-refractivity contribution in [1.29, 1.82) is 0 Å². The van der Waals surface area contributed by atoms with Crippen LogP contribution >= 0.6 is 0 Å². The summed E-state index contributed by atoms with van der Waals surface area (Å²) in [5.74, 6) is 1.48. The quantitative estimate of drug-likeness (QED) is 0.438. The molecular weight excluding hydrogens is 452 g/mol. The monoisotopic (exact) mass is 490 g/mol. The zero-order valence-corrected chi connectivity index (χ0v) is 21.9. The number of anilines is 2. The van der Waals surface area contributed by atoms with Crippen LogP contribution in [0.3, 0.4) is 0 Å². The lowest BCUT2D eigenvalue weighted by Gasteiger charge is -2.37. The Bertz CT molecular complexity index is 1200. The summed E-state index contributed by atoms with van der Waals surface area (Å²) in [5, 5.41) is 3.34. The van der Waals surface area contributed by atoms with E-state index >= 15 is 0 Å². The molecule has 0 amide bonds. The first-order valence-electron chi connectivity index (χ1n) is 13.3. The van der Waals surface area contributed by atoms with Crippen LogP contribution in [-0.4, -0.2) is 18.4 Å². The topological polar surface area (TPSA) is 32.3 Å². The van der Waals surface area contributed by atoms with Crippen molar-refractivity contribution in [3.8, 4) is 0 Å². The molecule has 2 aromatic rings. The maximum absolute atomic E-state index is 13.0. The third-order valence-electron chi connectivity index (χ3n) is 6.93. The van der Waals surface area contributed by atoms with E-state index in [-0.39, 0.29) is 17.7 Å². The number of benzene rings is 2. The van der Waals surface area contributed by atoms with Crippen LogP contribution in [0.2, 0.25) is 0 Å². The minimum Gasteiger partial charge on any atom is -0.361 e. The van der Waals surface area contributed by atoms with Gasteiger partial charge in [0.1, 0.15) is 0 Å². The number of carbonyl (C=O) groups is 1. The van der Waals surface area contributed by atoms with E-state index < -0.39 is 0 Å². The predicted molar refractivity (Wildman–Crippen MR) is 158 cm³/mol. The number of nitrogens with one attached hydrogen (secondary N) is 1. The molecular formula is C34H38N2O. The number of fused-ring (bicyclic) bond motifs is 2. The Balaban J connectivity index is 0.000000396. The van der Waals surface area contributed by atoms with Crippen LogP contribution in [0.4, 0.5) is 11.4 Å². The van der Waals surface area contributed by atoms with Gasteiger partial charge in [-0.2, -0.15) is 0 Å². The van der Waals surface area contributed by atoms with Gasteiger partial charge in [-0.1, -0.05) is 105 Å². The van der Waals surface area contributed by atoms with Crippen LogP contribution in [0.1, 0.15) is 37.0 Å². The second kappa shape index (κ2) is 13.5. The average molecular weight is 491 g/mol. The number of ketones is 1. The third kappa shape index (κ3) is 7.57. The molecule has 2 aromatic carbocycles. The van der Waals surface area contributed by atoms with E-state index in [4.69, 9.17) is 0 Å². The Hall–Kier alpha value is -3.85. The largest absolute Gasteiger partial charge is 0.361 e. The fourth-order valence-electron chi connectivity index (χ4n) is 4.91. The Morgan fingerprint density at radius 2 is 1.51 bits per heavy atom. The first-order chi connectivity index (χ1) is 18.1. The van der Waals surface area contributed by atoms with Gasteiger partial charge < -0.3 is 10.2 Å². The fourth-order valence-corrected chi connectivity index (χ4v) is 4.91. The van der Waals surface area contributed by atoms with Gasteiger partial charge in [-0.25, -0.2) is 0 Å². The van der Waals surface area contributed by atoms with Gasteiger partial charge in [0.05, 0.1) is 6.04 Å². The number of carbonyl (C=O) groups excluding carboxylic acids is 1. The van der Waals surface area contributed by atoms with E-state index in [0.717, 1.165) is 30.3 Å². The van der Waals surface area contributed by atoms with Crippen LogP contribution in [0.15, 0.2) is 128 Å². The van der Waals surface area contributed by atoms with E-state index in [9.17, 15) is 4.79 Å². The Morgan fingerprint density at radius 1 is 0.784 bits per heavy atom. The highest BCUT2D eigenvalue weighted by atomic mass is 16.1. The normalized spacial score (nSPS) is 28.3. The summed E-state index contributed by atoms with van der Waals surface area (Å²) in [6.45, 7) is 5.25. The van der Waals surface area contributed by atoms with Gasteiger partial charge in [-0.15, -0.1) is 0 Å². The first kappa shape index (κ1) is 26.2. The highest BCUT2D eigenvalue weighted by molar-refractivity contribution is 6.08. The zero-order chi connectivity index (χ0) is 25.9. The molecule has 5 rings (SSSR count). The maximum atomic E-state index is 13.0. The molecule has 1 aliphatic carbocycles. The van der Waals surface area contributed by atoms with Crippen molar-refractivity contribution in [2.24, 2.45) is 17.8 Å². The van der Waals surface area contributed by atoms with Crippen molar-refractivity contribution < 1.29 is 4.79 Å². The number of para-hydroxylation sites is 2. The molecule has 0 aromatic heterocycles. The van der Waals surface area contributed by atoms with Gasteiger partial charge in [-0.05, 0) is 61.2 Å². The van der Waals surface area contributed by atoms with Gasteiger partial charge in [0.2, 0.25) is 0 Å². The fraction of sp³-hybridized carbons (Fsp3) is 0.265. The molecule has 0 saturated carbocycles. The van der Waals surface area contributed by atoms with Gasteiger partial charge in [0, 0.05) is 29.4 Å². The minimum atomic E-state index is 0.0285. The van der Waals surface area contributed by atoms with Crippen molar-refractivity contribution in [2.75, 3.05) is 16.8 Å². The highest BCUT2D eigenvalue weighted by Crippen LogP contribution is 2.29. The summed E-state index contributed by atoms with van der Waals surface area (Å²) < 4.78 is 0. The summed E-state index contributed by atoms with van der Waals surface area (Å²) in [6, 6.07) is 18.2. The lowest BCUT2D eigenvalue weighted by atomic mass is 9.86. The molecule has 0 fully saturated rings. The van der Waals surface area contributed by atoms with Crippen molar-refractivity contribution in [3.63, 3.8) is 0 Å². The van der Waals surface area contributed by atoms with Crippen molar-refractivity contribution >= 4 is 17.2 Å². The summed E-state index contributed by atoms with van der Waals surface area (Å²) in [4.78, 5) is 15.4. The Labute approximate surface area is 222 Å². The number of hydrogen-bond acceptors (Lipinski definition) is 3. The Morgan fingerprint density at radius 3 is 2.24 bits per heavy atom. The van der Waals surface area contributed by atoms with Gasteiger partial charge in [0.15, 0.2) is 5.78 Å². The number of rotatable bonds is 1. The van der Waals surface area contributed by atoms with E-state index in [1.165, 1.54) is 6.42 Å². The van der Waals surface area contributed by atoms with E-state index in [2.05, 4.69) is 109 Å². The van der Waals surface area contributed by atoms with Gasteiger partial charge in [0.25, 0.3) is 0 Å². The van der Waals surface area contributed by atoms with Gasteiger partial charge >= 0.3 is 0 Å². The molecule has 2 aliphatic heterocycles. The maximum Gasteiger partial charge on any atom is 0.187 e. The lowest BCUT2D eigenvalue weighted by Crippen LogP contribution is -2.40. The van der Waals surface area contributed by atoms with Crippen molar-refractivity contribution in [1.82, 2.24) is 0 Å². The minimum absolute atomic E-state index is 0.0285. The average Bonchev–Trinajstić information content (AvgIpc) is 2.92. The molecule has 4 unspecified atom stereocenters. The summed E-state index contributed by atoms with van der Waals surface area (Å²) in [7, 11) is 0.